The fourth-order valence-electron chi connectivity index (χ4n) is 1.85. The lowest BCUT2D eigenvalue weighted by molar-refractivity contribution is 0.746. The minimum atomic E-state index is 0.747. The number of hydrogen-bond donors (Lipinski definition) is 1. The van der Waals surface area contributed by atoms with Crippen LogP contribution in [0.5, 0.6) is 0 Å². The molecule has 0 aliphatic heterocycles. The lowest BCUT2D eigenvalue weighted by atomic mass is 10.2. The van der Waals surface area contributed by atoms with Crippen LogP contribution in [0.4, 0.5) is 5.69 Å². The summed E-state index contributed by atoms with van der Waals surface area (Å²) >= 11 is 8.44. The molecule has 0 saturated carbocycles. The first-order valence-corrected chi connectivity index (χ1v) is 7.26. The molecule has 0 atom stereocenters. The maximum Gasteiger partial charge on any atom is 0.0671 e. The van der Waals surface area contributed by atoms with Crippen molar-refractivity contribution >= 4 is 39.9 Å². The van der Waals surface area contributed by atoms with E-state index in [1.54, 1.807) is 0 Å². The number of hydrogen-bond acceptors (Lipinski definition) is 2. The fourth-order valence-corrected chi connectivity index (χ4v) is 2.77. The molecular formula is C13H15ClIN3. The first-order chi connectivity index (χ1) is 8.60. The molecule has 1 aromatic carbocycles. The minimum absolute atomic E-state index is 0.747. The molecule has 1 N–H and O–H groups in total. The highest BCUT2D eigenvalue weighted by molar-refractivity contribution is 14.1. The van der Waals surface area contributed by atoms with Gasteiger partial charge in [-0.1, -0.05) is 18.5 Å². The molecule has 0 spiro atoms. The summed E-state index contributed by atoms with van der Waals surface area (Å²) in [6, 6.07) is 6.00. The van der Waals surface area contributed by atoms with Gasteiger partial charge in [0.1, 0.15) is 0 Å². The molecule has 18 heavy (non-hydrogen) atoms. The average Bonchev–Trinajstić information content (AvgIpc) is 2.68. The summed E-state index contributed by atoms with van der Waals surface area (Å²) < 4.78 is 2.99. The molecule has 0 saturated heterocycles. The summed E-state index contributed by atoms with van der Waals surface area (Å²) in [5.74, 6) is 0. The molecule has 0 bridgehead atoms. The summed E-state index contributed by atoms with van der Waals surface area (Å²) in [6.07, 6.45) is 2.99. The Morgan fingerprint density at radius 1 is 1.44 bits per heavy atom. The Morgan fingerprint density at radius 3 is 2.89 bits per heavy atom. The number of halogens is 2. The van der Waals surface area contributed by atoms with E-state index in [0.717, 1.165) is 32.9 Å². The van der Waals surface area contributed by atoms with E-state index < -0.39 is 0 Å². The summed E-state index contributed by atoms with van der Waals surface area (Å²) in [6.45, 7) is 2.86. The summed E-state index contributed by atoms with van der Waals surface area (Å²) in [4.78, 5) is 0. The van der Waals surface area contributed by atoms with E-state index in [9.17, 15) is 0 Å². The van der Waals surface area contributed by atoms with Gasteiger partial charge in [0, 0.05) is 28.9 Å². The third-order valence-corrected chi connectivity index (χ3v) is 3.71. The first-order valence-electron chi connectivity index (χ1n) is 5.80. The molecule has 1 aromatic heterocycles. The van der Waals surface area contributed by atoms with Crippen molar-refractivity contribution in [2.75, 3.05) is 5.32 Å². The van der Waals surface area contributed by atoms with Crippen LogP contribution in [0.15, 0.2) is 24.4 Å². The van der Waals surface area contributed by atoms with Crippen molar-refractivity contribution in [1.82, 2.24) is 9.78 Å². The number of nitrogens with zero attached hydrogens (tertiary/aromatic N) is 2. The average molecular weight is 376 g/mol. The van der Waals surface area contributed by atoms with E-state index in [-0.39, 0.29) is 0 Å². The van der Waals surface area contributed by atoms with Crippen molar-refractivity contribution in [2.24, 2.45) is 7.05 Å². The van der Waals surface area contributed by atoms with Crippen LogP contribution in [0.3, 0.4) is 0 Å². The van der Waals surface area contributed by atoms with Crippen LogP contribution in [0.2, 0.25) is 5.02 Å². The van der Waals surface area contributed by atoms with Gasteiger partial charge in [-0.3, -0.25) is 4.68 Å². The second-order valence-electron chi connectivity index (χ2n) is 4.11. The molecule has 1 heterocycles. The molecule has 0 unspecified atom stereocenters. The zero-order valence-electron chi connectivity index (χ0n) is 10.4. The van der Waals surface area contributed by atoms with Crippen LogP contribution in [0, 0.1) is 3.57 Å². The molecule has 96 valence electrons. The Bertz CT molecular complexity index is 551. The van der Waals surface area contributed by atoms with Gasteiger partial charge in [-0.25, -0.2) is 0 Å². The van der Waals surface area contributed by atoms with Crippen molar-refractivity contribution in [3.8, 4) is 0 Å². The van der Waals surface area contributed by atoms with Crippen molar-refractivity contribution in [2.45, 2.75) is 19.9 Å². The number of aryl methyl sites for hydroxylation is 2. The molecule has 0 amide bonds. The minimum Gasteiger partial charge on any atom is -0.380 e. The summed E-state index contributed by atoms with van der Waals surface area (Å²) in [7, 11) is 1.94. The van der Waals surface area contributed by atoms with Crippen molar-refractivity contribution in [3.63, 3.8) is 0 Å². The number of rotatable bonds is 4. The van der Waals surface area contributed by atoms with Gasteiger partial charge in [-0.2, -0.15) is 5.10 Å². The lowest BCUT2D eigenvalue weighted by Crippen LogP contribution is -2.01. The van der Waals surface area contributed by atoms with Crippen LogP contribution >= 0.6 is 34.2 Å². The predicted octanol–water partition coefficient (Wildman–Crippen LogP) is 3.85. The molecule has 2 aromatic rings. The van der Waals surface area contributed by atoms with Crippen LogP contribution in [0.25, 0.3) is 0 Å². The van der Waals surface area contributed by atoms with E-state index >= 15 is 0 Å². The van der Waals surface area contributed by atoms with Crippen molar-refractivity contribution in [3.05, 3.63) is 44.2 Å². The standard InChI is InChI=1S/C13H15ClIN3/c1-3-12-9(8-18(2)17-12)7-16-13-5-4-10(15)6-11(13)14/h4-6,8,16H,3,7H2,1-2H3. The highest BCUT2D eigenvalue weighted by Crippen LogP contribution is 2.24. The largest absolute Gasteiger partial charge is 0.380 e. The molecule has 2 rings (SSSR count). The number of aromatic nitrogens is 2. The van der Waals surface area contributed by atoms with Gasteiger partial charge in [-0.15, -0.1) is 0 Å². The highest BCUT2D eigenvalue weighted by Gasteiger charge is 2.06. The van der Waals surface area contributed by atoms with Crippen LogP contribution in [-0.4, -0.2) is 9.78 Å². The van der Waals surface area contributed by atoms with Crippen LogP contribution in [0.1, 0.15) is 18.2 Å². The van der Waals surface area contributed by atoms with E-state index in [4.69, 9.17) is 11.6 Å². The van der Waals surface area contributed by atoms with Crippen LogP contribution < -0.4 is 5.32 Å². The second-order valence-corrected chi connectivity index (χ2v) is 5.76. The van der Waals surface area contributed by atoms with Crippen molar-refractivity contribution < 1.29 is 0 Å². The normalized spacial score (nSPS) is 10.7. The third kappa shape index (κ3) is 3.17. The van der Waals surface area contributed by atoms with Gasteiger partial charge < -0.3 is 5.32 Å². The maximum atomic E-state index is 6.19. The van der Waals surface area contributed by atoms with E-state index in [0.29, 0.717) is 0 Å². The topological polar surface area (TPSA) is 29.9 Å². The summed E-state index contributed by atoms with van der Waals surface area (Å²) in [5, 5.41) is 8.53. The number of nitrogens with one attached hydrogen (secondary N) is 1. The van der Waals surface area contributed by atoms with Gasteiger partial charge in [0.15, 0.2) is 0 Å². The SMILES string of the molecule is CCc1nn(C)cc1CNc1ccc(I)cc1Cl. The smallest absolute Gasteiger partial charge is 0.0671 e. The van der Waals surface area contributed by atoms with E-state index in [1.807, 2.05) is 36.1 Å². The van der Waals surface area contributed by atoms with E-state index in [2.05, 4.69) is 39.9 Å². The van der Waals surface area contributed by atoms with Gasteiger partial charge in [-0.05, 0) is 47.2 Å². The van der Waals surface area contributed by atoms with E-state index in [1.165, 1.54) is 5.56 Å². The van der Waals surface area contributed by atoms with Crippen LogP contribution in [-0.2, 0) is 20.0 Å². The molecule has 0 fully saturated rings. The highest BCUT2D eigenvalue weighted by atomic mass is 127. The van der Waals surface area contributed by atoms with Gasteiger partial charge in [0.25, 0.3) is 0 Å². The van der Waals surface area contributed by atoms with Gasteiger partial charge >= 0.3 is 0 Å². The second kappa shape index (κ2) is 5.93. The number of anilines is 1. The summed E-state index contributed by atoms with van der Waals surface area (Å²) in [5.41, 5.74) is 3.31. The molecule has 0 radical (unpaired) electrons. The zero-order valence-corrected chi connectivity index (χ0v) is 13.3. The molecule has 5 heteroatoms. The van der Waals surface area contributed by atoms with Crippen molar-refractivity contribution in [1.29, 1.82) is 0 Å². The first kappa shape index (κ1) is 13.7. The third-order valence-electron chi connectivity index (χ3n) is 2.73. The Morgan fingerprint density at radius 2 is 2.22 bits per heavy atom. The van der Waals surface area contributed by atoms with Gasteiger partial charge in [0.05, 0.1) is 16.4 Å². The lowest BCUT2D eigenvalue weighted by Gasteiger charge is -2.08. The Balaban J connectivity index is 2.11. The van der Waals surface area contributed by atoms with Gasteiger partial charge in [0.2, 0.25) is 0 Å². The Labute approximate surface area is 126 Å². The Kier molecular flexibility index (Phi) is 4.50. The molecular weight excluding hydrogens is 361 g/mol. The quantitative estimate of drug-likeness (QED) is 0.823. The molecule has 0 aliphatic rings. The molecule has 3 nitrogen and oxygen atoms in total. The fraction of sp³-hybridized carbons (Fsp3) is 0.308. The maximum absolute atomic E-state index is 6.19. The predicted molar refractivity (Wildman–Crippen MR) is 84.1 cm³/mol. The monoisotopic (exact) mass is 375 g/mol. The Hall–Kier alpha value is -0.750. The molecule has 0 aliphatic carbocycles. The zero-order chi connectivity index (χ0) is 13.1. The number of benzene rings is 1.